The molecule has 0 aromatic heterocycles. The lowest BCUT2D eigenvalue weighted by atomic mass is 10.0. The number of carbonyl (C=O) groups is 1. The van der Waals surface area contributed by atoms with Gasteiger partial charge in [-0.05, 0) is 37.3 Å². The van der Waals surface area contributed by atoms with Gasteiger partial charge in [0.1, 0.15) is 0 Å². The molecule has 102 valence electrons. The van der Waals surface area contributed by atoms with Crippen LogP contribution in [0.25, 0.3) is 0 Å². The van der Waals surface area contributed by atoms with Gasteiger partial charge in [0.25, 0.3) is 0 Å². The van der Waals surface area contributed by atoms with Crippen LogP contribution in [0.3, 0.4) is 0 Å². The summed E-state index contributed by atoms with van der Waals surface area (Å²) in [5.74, 6) is 0.278. The van der Waals surface area contributed by atoms with Gasteiger partial charge in [0.05, 0.1) is 0 Å². The maximum absolute atomic E-state index is 11.5. The smallest absolute Gasteiger partial charge is 0.222 e. The average Bonchev–Trinajstić information content (AvgIpc) is 2.77. The molecule has 1 heterocycles. The van der Waals surface area contributed by atoms with Crippen molar-refractivity contribution in [2.45, 2.75) is 44.7 Å². The maximum atomic E-state index is 11.5. The summed E-state index contributed by atoms with van der Waals surface area (Å²) in [6.07, 6.45) is 4.02. The van der Waals surface area contributed by atoms with Gasteiger partial charge in [-0.2, -0.15) is 0 Å². The molecule has 1 aromatic carbocycles. The van der Waals surface area contributed by atoms with Crippen molar-refractivity contribution < 1.29 is 4.79 Å². The number of hydrogen-bond acceptors (Lipinski definition) is 2. The molecule has 1 amide bonds. The second kappa shape index (κ2) is 4.97. The first-order valence-corrected chi connectivity index (χ1v) is 7.23. The lowest BCUT2D eigenvalue weighted by molar-refractivity contribution is -0.132. The molecule has 19 heavy (non-hydrogen) atoms. The zero-order valence-corrected chi connectivity index (χ0v) is 11.8. The van der Waals surface area contributed by atoms with Gasteiger partial charge in [-0.15, -0.1) is 0 Å². The zero-order chi connectivity index (χ0) is 13.4. The third-order valence-corrected chi connectivity index (χ3v) is 4.44. The monoisotopic (exact) mass is 258 g/mol. The van der Waals surface area contributed by atoms with Gasteiger partial charge in [-0.25, -0.2) is 0 Å². The van der Waals surface area contributed by atoms with Gasteiger partial charge in [-0.3, -0.25) is 4.79 Å². The molecule has 1 saturated heterocycles. The van der Waals surface area contributed by atoms with Gasteiger partial charge in [-0.1, -0.05) is 23.8 Å². The van der Waals surface area contributed by atoms with Crippen LogP contribution in [0.15, 0.2) is 18.2 Å². The van der Waals surface area contributed by atoms with E-state index in [0.717, 1.165) is 13.0 Å². The van der Waals surface area contributed by atoms with Crippen molar-refractivity contribution in [1.29, 1.82) is 0 Å². The molecule has 1 fully saturated rings. The molecule has 0 spiro atoms. The number of rotatable bonds is 2. The lowest BCUT2D eigenvalue weighted by Gasteiger charge is -2.32. The van der Waals surface area contributed by atoms with Crippen molar-refractivity contribution in [2.75, 3.05) is 13.6 Å². The first-order valence-electron chi connectivity index (χ1n) is 7.23. The quantitative estimate of drug-likeness (QED) is 0.882. The Morgan fingerprint density at radius 2 is 2.11 bits per heavy atom. The number of amides is 1. The fraction of sp³-hybridized carbons (Fsp3) is 0.562. The molecule has 1 aliphatic carbocycles. The van der Waals surface area contributed by atoms with Crippen LogP contribution >= 0.6 is 0 Å². The van der Waals surface area contributed by atoms with Crippen LogP contribution in [0.2, 0.25) is 0 Å². The minimum Gasteiger partial charge on any atom is -0.344 e. The van der Waals surface area contributed by atoms with Gasteiger partial charge < -0.3 is 10.2 Å². The molecule has 3 heteroatoms. The number of aryl methyl sites for hydroxylation is 2. The van der Waals surface area contributed by atoms with Crippen LogP contribution in [-0.2, 0) is 11.2 Å². The number of likely N-dealkylation sites (tertiary alicyclic amines) is 1. The molecule has 2 atom stereocenters. The minimum absolute atomic E-state index is 0.278. The number of likely N-dealkylation sites (N-methyl/N-ethyl adjacent to an activating group) is 1. The predicted octanol–water partition coefficient (Wildman–Crippen LogP) is 2.19. The second-order valence-corrected chi connectivity index (χ2v) is 5.97. The van der Waals surface area contributed by atoms with Crippen molar-refractivity contribution in [2.24, 2.45) is 0 Å². The molecule has 3 nitrogen and oxygen atoms in total. The largest absolute Gasteiger partial charge is 0.344 e. The molecule has 3 rings (SSSR count). The summed E-state index contributed by atoms with van der Waals surface area (Å²) in [6.45, 7) is 3.00. The van der Waals surface area contributed by atoms with Crippen molar-refractivity contribution in [1.82, 2.24) is 10.2 Å². The SMILES string of the molecule is Cc1ccc2c(c1)C(NC1CCC(=O)N(C)C1)CC2. The van der Waals surface area contributed by atoms with E-state index in [4.69, 9.17) is 0 Å². The molecular formula is C16H22N2O. The van der Waals surface area contributed by atoms with Crippen LogP contribution in [0.5, 0.6) is 0 Å². The highest BCUT2D eigenvalue weighted by Gasteiger charge is 2.28. The Bertz CT molecular complexity index is 498. The van der Waals surface area contributed by atoms with Gasteiger partial charge in [0.15, 0.2) is 0 Å². The van der Waals surface area contributed by atoms with Crippen molar-refractivity contribution in [3.05, 3.63) is 34.9 Å². The van der Waals surface area contributed by atoms with E-state index in [0.29, 0.717) is 18.5 Å². The Hall–Kier alpha value is -1.35. The predicted molar refractivity (Wildman–Crippen MR) is 76.0 cm³/mol. The average molecular weight is 258 g/mol. The fourth-order valence-corrected chi connectivity index (χ4v) is 3.33. The van der Waals surface area contributed by atoms with Gasteiger partial charge in [0.2, 0.25) is 5.91 Å². The summed E-state index contributed by atoms with van der Waals surface area (Å²) < 4.78 is 0. The molecule has 0 saturated carbocycles. The molecule has 0 bridgehead atoms. The van der Waals surface area contributed by atoms with E-state index in [1.165, 1.54) is 29.5 Å². The number of carbonyl (C=O) groups excluding carboxylic acids is 1. The Balaban J connectivity index is 1.69. The van der Waals surface area contributed by atoms with E-state index < -0.39 is 0 Å². The standard InChI is InChI=1S/C16H22N2O/c1-11-3-4-12-5-7-15(14(12)9-11)17-13-6-8-16(19)18(2)10-13/h3-4,9,13,15,17H,5-8,10H2,1-2H3. The summed E-state index contributed by atoms with van der Waals surface area (Å²) in [7, 11) is 1.91. The van der Waals surface area contributed by atoms with Crippen molar-refractivity contribution >= 4 is 5.91 Å². The van der Waals surface area contributed by atoms with Crippen molar-refractivity contribution in [3.63, 3.8) is 0 Å². The van der Waals surface area contributed by atoms with Crippen LogP contribution in [-0.4, -0.2) is 30.4 Å². The number of piperidine rings is 1. The van der Waals surface area contributed by atoms with Gasteiger partial charge in [0, 0.05) is 32.1 Å². The fourth-order valence-electron chi connectivity index (χ4n) is 3.33. The number of hydrogen-bond donors (Lipinski definition) is 1. The summed E-state index contributed by atoms with van der Waals surface area (Å²) >= 11 is 0. The number of benzene rings is 1. The highest BCUT2D eigenvalue weighted by atomic mass is 16.2. The molecule has 1 aromatic rings. The summed E-state index contributed by atoms with van der Waals surface area (Å²) in [5, 5.41) is 3.76. The highest BCUT2D eigenvalue weighted by Crippen LogP contribution is 2.32. The molecular weight excluding hydrogens is 236 g/mol. The second-order valence-electron chi connectivity index (χ2n) is 5.97. The van der Waals surface area contributed by atoms with E-state index in [1.807, 2.05) is 11.9 Å². The summed E-state index contributed by atoms with van der Waals surface area (Å²) in [6, 6.07) is 7.70. The molecule has 2 aliphatic rings. The third-order valence-electron chi connectivity index (χ3n) is 4.44. The van der Waals surface area contributed by atoms with Crippen LogP contribution in [0, 0.1) is 6.92 Å². The molecule has 1 N–H and O–H groups in total. The van der Waals surface area contributed by atoms with E-state index in [1.54, 1.807) is 0 Å². The highest BCUT2D eigenvalue weighted by molar-refractivity contribution is 5.76. The van der Waals surface area contributed by atoms with E-state index in [9.17, 15) is 4.79 Å². The Kier molecular flexibility index (Phi) is 3.31. The normalized spacial score (nSPS) is 26.6. The first-order chi connectivity index (χ1) is 9.13. The first kappa shape index (κ1) is 12.7. The molecule has 0 radical (unpaired) electrons. The number of nitrogens with one attached hydrogen (secondary N) is 1. The zero-order valence-electron chi connectivity index (χ0n) is 11.8. The third kappa shape index (κ3) is 2.52. The summed E-state index contributed by atoms with van der Waals surface area (Å²) in [5.41, 5.74) is 4.30. The number of nitrogens with zero attached hydrogens (tertiary/aromatic N) is 1. The van der Waals surface area contributed by atoms with Crippen LogP contribution in [0.4, 0.5) is 0 Å². The lowest BCUT2D eigenvalue weighted by Crippen LogP contribution is -2.47. The molecule has 1 aliphatic heterocycles. The van der Waals surface area contributed by atoms with Crippen LogP contribution < -0.4 is 5.32 Å². The van der Waals surface area contributed by atoms with E-state index in [-0.39, 0.29) is 5.91 Å². The minimum atomic E-state index is 0.278. The maximum Gasteiger partial charge on any atom is 0.222 e. The van der Waals surface area contributed by atoms with Gasteiger partial charge >= 0.3 is 0 Å². The Morgan fingerprint density at radius 3 is 2.89 bits per heavy atom. The molecule has 2 unspecified atom stereocenters. The van der Waals surface area contributed by atoms with E-state index >= 15 is 0 Å². The Labute approximate surface area is 115 Å². The van der Waals surface area contributed by atoms with E-state index in [2.05, 4.69) is 30.4 Å². The Morgan fingerprint density at radius 1 is 1.26 bits per heavy atom. The van der Waals surface area contributed by atoms with Crippen LogP contribution in [0.1, 0.15) is 42.0 Å². The summed E-state index contributed by atoms with van der Waals surface area (Å²) in [4.78, 5) is 13.4. The topological polar surface area (TPSA) is 32.3 Å². The van der Waals surface area contributed by atoms with Crippen molar-refractivity contribution in [3.8, 4) is 0 Å². The number of fused-ring (bicyclic) bond motifs is 1.